The van der Waals surface area contributed by atoms with Crippen molar-refractivity contribution in [3.05, 3.63) is 70.9 Å². The molecule has 0 saturated carbocycles. The first-order chi connectivity index (χ1) is 14.0. The van der Waals surface area contributed by atoms with E-state index >= 15 is 0 Å². The Labute approximate surface area is 166 Å². The number of aromatic carboxylic acids is 2. The van der Waals surface area contributed by atoms with Crippen LogP contribution in [0.25, 0.3) is 10.9 Å². The van der Waals surface area contributed by atoms with Gasteiger partial charge < -0.3 is 25.3 Å². The Morgan fingerprint density at radius 1 is 1.00 bits per heavy atom. The molecule has 0 fully saturated rings. The van der Waals surface area contributed by atoms with E-state index in [1.54, 1.807) is 6.07 Å². The summed E-state index contributed by atoms with van der Waals surface area (Å²) < 4.78 is 5.12. The quantitative estimate of drug-likeness (QED) is 0.432. The van der Waals surface area contributed by atoms with Crippen LogP contribution in [0.15, 0.2) is 48.5 Å². The Morgan fingerprint density at radius 2 is 1.76 bits per heavy atom. The second-order valence-electron chi connectivity index (χ2n) is 6.44. The van der Waals surface area contributed by atoms with E-state index in [-0.39, 0.29) is 24.4 Å². The molecular weight excluding hydrogens is 376 g/mol. The largest absolute Gasteiger partial charge is 0.478 e. The molecule has 0 aliphatic rings. The van der Waals surface area contributed by atoms with Crippen molar-refractivity contribution in [2.45, 2.75) is 19.4 Å². The second kappa shape index (κ2) is 8.92. The number of aryl methyl sites for hydroxylation is 1. The first-order valence-corrected chi connectivity index (χ1v) is 9.01. The van der Waals surface area contributed by atoms with Crippen LogP contribution in [0.2, 0.25) is 0 Å². The minimum Gasteiger partial charge on any atom is -0.478 e. The number of benzene rings is 2. The summed E-state index contributed by atoms with van der Waals surface area (Å²) in [5.41, 5.74) is 2.04. The number of fused-ring (bicyclic) bond motifs is 1. The van der Waals surface area contributed by atoms with Crippen LogP contribution in [-0.4, -0.2) is 39.8 Å². The van der Waals surface area contributed by atoms with Gasteiger partial charge >= 0.3 is 18.0 Å². The van der Waals surface area contributed by atoms with Crippen molar-refractivity contribution in [2.75, 3.05) is 6.54 Å². The highest BCUT2D eigenvalue weighted by Crippen LogP contribution is 2.25. The monoisotopic (exact) mass is 396 g/mol. The van der Waals surface area contributed by atoms with Gasteiger partial charge in [-0.1, -0.05) is 30.3 Å². The Balaban J connectivity index is 1.60. The number of H-pyrrole nitrogens is 1. The molecule has 0 saturated heterocycles. The zero-order chi connectivity index (χ0) is 20.8. The Bertz CT molecular complexity index is 1040. The first-order valence-electron chi connectivity index (χ1n) is 9.01. The number of aromatic nitrogens is 1. The van der Waals surface area contributed by atoms with Gasteiger partial charge in [0.1, 0.15) is 12.3 Å². The van der Waals surface area contributed by atoms with Crippen LogP contribution in [-0.2, 0) is 17.8 Å². The zero-order valence-corrected chi connectivity index (χ0v) is 15.5. The summed E-state index contributed by atoms with van der Waals surface area (Å²) in [7, 11) is 0. The van der Waals surface area contributed by atoms with Crippen LogP contribution < -0.4 is 5.32 Å². The van der Waals surface area contributed by atoms with Crippen LogP contribution in [0.5, 0.6) is 0 Å². The van der Waals surface area contributed by atoms with E-state index in [1.165, 1.54) is 12.1 Å². The highest BCUT2D eigenvalue weighted by atomic mass is 16.5. The third kappa shape index (κ3) is 4.92. The number of amides is 1. The molecule has 0 unspecified atom stereocenters. The zero-order valence-electron chi connectivity index (χ0n) is 15.5. The molecule has 0 aliphatic heterocycles. The van der Waals surface area contributed by atoms with Crippen molar-refractivity contribution >= 4 is 28.9 Å². The summed E-state index contributed by atoms with van der Waals surface area (Å²) in [6.45, 7) is 0.453. The van der Waals surface area contributed by atoms with Gasteiger partial charge in [0.05, 0.1) is 5.56 Å². The van der Waals surface area contributed by atoms with E-state index < -0.39 is 18.0 Å². The fraction of sp³-hybridized carbons (Fsp3) is 0.190. The number of nitrogens with one attached hydrogen (secondary N) is 2. The van der Waals surface area contributed by atoms with Crippen molar-refractivity contribution < 1.29 is 29.3 Å². The maximum absolute atomic E-state index is 11.8. The summed E-state index contributed by atoms with van der Waals surface area (Å²) in [5, 5.41) is 21.8. The molecule has 0 spiro atoms. The van der Waals surface area contributed by atoms with Gasteiger partial charge in [-0.05, 0) is 42.2 Å². The molecule has 1 heterocycles. The summed E-state index contributed by atoms with van der Waals surface area (Å²) in [5.74, 6) is -2.21. The third-order valence-electron chi connectivity index (χ3n) is 4.45. The minimum absolute atomic E-state index is 0.0224. The lowest BCUT2D eigenvalue weighted by Gasteiger charge is -2.07. The van der Waals surface area contributed by atoms with Gasteiger partial charge in [-0.25, -0.2) is 14.4 Å². The molecule has 8 nitrogen and oxygen atoms in total. The van der Waals surface area contributed by atoms with Gasteiger partial charge in [0.25, 0.3) is 0 Å². The van der Waals surface area contributed by atoms with E-state index in [0.29, 0.717) is 29.3 Å². The number of hydrogen-bond donors (Lipinski definition) is 4. The number of carboxylic acids is 2. The average molecular weight is 396 g/mol. The number of aromatic amines is 1. The van der Waals surface area contributed by atoms with Crippen LogP contribution >= 0.6 is 0 Å². The van der Waals surface area contributed by atoms with Crippen LogP contribution in [0.4, 0.5) is 4.79 Å². The van der Waals surface area contributed by atoms with Gasteiger partial charge in [-0.2, -0.15) is 0 Å². The predicted molar refractivity (Wildman–Crippen MR) is 105 cm³/mol. The number of carboxylic acid groups (broad SMARTS) is 2. The Kier molecular flexibility index (Phi) is 6.13. The maximum atomic E-state index is 11.8. The lowest BCUT2D eigenvalue weighted by molar-refractivity contribution is 0.0682. The van der Waals surface area contributed by atoms with Gasteiger partial charge in [0, 0.05) is 17.4 Å². The smallest absolute Gasteiger partial charge is 0.407 e. The number of alkyl carbamates (subject to hydrolysis) is 1. The molecule has 0 aliphatic carbocycles. The standard InChI is InChI=1S/C21H20N2O6/c24-19(25)14-8-9-17-16(11-14)15(18(23-17)20(26)27)7-4-10-22-21(28)29-12-13-5-2-1-3-6-13/h1-3,5-6,8-9,11,23H,4,7,10,12H2,(H,22,28)(H,24,25)(H,26,27). The molecule has 1 amide bonds. The topological polar surface area (TPSA) is 129 Å². The van der Waals surface area contributed by atoms with E-state index in [0.717, 1.165) is 5.56 Å². The van der Waals surface area contributed by atoms with Crippen LogP contribution in [0.3, 0.4) is 0 Å². The normalized spacial score (nSPS) is 10.6. The molecule has 0 radical (unpaired) electrons. The maximum Gasteiger partial charge on any atom is 0.407 e. The molecule has 3 aromatic rings. The lowest BCUT2D eigenvalue weighted by Crippen LogP contribution is -2.25. The number of rotatable bonds is 8. The molecule has 0 atom stereocenters. The molecule has 3 rings (SSSR count). The van der Waals surface area contributed by atoms with Crippen LogP contribution in [0.1, 0.15) is 38.4 Å². The van der Waals surface area contributed by atoms with Crippen molar-refractivity contribution in [3.8, 4) is 0 Å². The molecular formula is C21H20N2O6. The molecule has 0 bridgehead atoms. The van der Waals surface area contributed by atoms with Crippen molar-refractivity contribution in [1.82, 2.24) is 10.3 Å². The number of ether oxygens (including phenoxy) is 1. The fourth-order valence-electron chi connectivity index (χ4n) is 3.05. The number of carbonyl (C=O) groups excluding carboxylic acids is 1. The molecule has 2 aromatic carbocycles. The highest BCUT2D eigenvalue weighted by Gasteiger charge is 2.18. The average Bonchev–Trinajstić information content (AvgIpc) is 3.08. The fourth-order valence-corrected chi connectivity index (χ4v) is 3.05. The number of carbonyl (C=O) groups is 3. The predicted octanol–water partition coefficient (Wildman–Crippen LogP) is 3.42. The molecule has 8 heteroatoms. The first kappa shape index (κ1) is 19.9. The third-order valence-corrected chi connectivity index (χ3v) is 4.45. The molecule has 4 N–H and O–H groups in total. The number of hydrogen-bond acceptors (Lipinski definition) is 4. The van der Waals surface area contributed by atoms with Crippen LogP contribution in [0, 0.1) is 0 Å². The van der Waals surface area contributed by atoms with E-state index in [2.05, 4.69) is 10.3 Å². The van der Waals surface area contributed by atoms with Gasteiger partial charge in [0.15, 0.2) is 0 Å². The van der Waals surface area contributed by atoms with E-state index in [1.807, 2.05) is 30.3 Å². The van der Waals surface area contributed by atoms with E-state index in [4.69, 9.17) is 4.74 Å². The minimum atomic E-state index is -1.12. The summed E-state index contributed by atoms with van der Waals surface area (Å²) >= 11 is 0. The summed E-state index contributed by atoms with van der Waals surface area (Å²) in [6.07, 6.45) is 0.258. The van der Waals surface area contributed by atoms with Crippen molar-refractivity contribution in [3.63, 3.8) is 0 Å². The summed E-state index contributed by atoms with van der Waals surface area (Å²) in [6, 6.07) is 13.7. The highest BCUT2D eigenvalue weighted by molar-refractivity contribution is 6.00. The Hall–Kier alpha value is -3.81. The van der Waals surface area contributed by atoms with Crippen molar-refractivity contribution in [1.29, 1.82) is 0 Å². The van der Waals surface area contributed by atoms with Gasteiger partial charge in [0.2, 0.25) is 0 Å². The molecule has 150 valence electrons. The van der Waals surface area contributed by atoms with Crippen molar-refractivity contribution in [2.24, 2.45) is 0 Å². The van der Waals surface area contributed by atoms with E-state index in [9.17, 15) is 24.6 Å². The van der Waals surface area contributed by atoms with Gasteiger partial charge in [-0.15, -0.1) is 0 Å². The Morgan fingerprint density at radius 3 is 2.45 bits per heavy atom. The molecule has 29 heavy (non-hydrogen) atoms. The summed E-state index contributed by atoms with van der Waals surface area (Å²) in [4.78, 5) is 37.3. The van der Waals surface area contributed by atoms with Gasteiger partial charge in [-0.3, -0.25) is 0 Å². The molecule has 1 aromatic heterocycles. The lowest BCUT2D eigenvalue weighted by atomic mass is 10.0. The second-order valence-corrected chi connectivity index (χ2v) is 6.44. The SMILES string of the molecule is O=C(NCCCc1c(C(=O)O)[nH]c2ccc(C(=O)O)cc12)OCc1ccccc1.